The number of unbranched alkanes of at least 4 members (excludes halogenated alkanes) is 1. The van der Waals surface area contributed by atoms with E-state index >= 15 is 0 Å². The van der Waals surface area contributed by atoms with Crippen molar-refractivity contribution in [2.24, 2.45) is 11.3 Å². The Morgan fingerprint density at radius 1 is 1.50 bits per heavy atom. The third kappa shape index (κ3) is 3.69. The second kappa shape index (κ2) is 7.83. The minimum absolute atomic E-state index is 0.165. The average molecular weight is 366 g/mol. The molecule has 3 unspecified atom stereocenters. The molecule has 0 aromatic heterocycles. The van der Waals surface area contributed by atoms with Crippen LogP contribution in [0.15, 0.2) is 0 Å². The third-order valence-corrected chi connectivity index (χ3v) is 5.63. The lowest BCUT2D eigenvalue weighted by atomic mass is 9.64. The molecule has 0 aromatic carbocycles. The fraction of sp³-hybridized carbons (Fsp3) is 0.933. The molecule has 0 heterocycles. The molecule has 0 spiro atoms. The summed E-state index contributed by atoms with van der Waals surface area (Å²) >= 11 is 2.35. The molecule has 1 aliphatic carbocycles. The van der Waals surface area contributed by atoms with Crippen LogP contribution in [0.4, 0.5) is 0 Å². The van der Waals surface area contributed by atoms with Crippen LogP contribution in [0, 0.1) is 11.3 Å². The van der Waals surface area contributed by atoms with Crippen molar-refractivity contribution >= 4 is 28.4 Å². The predicted octanol–water partition coefficient (Wildman–Crippen LogP) is 4.39. The first kappa shape index (κ1) is 16.4. The molecule has 2 nitrogen and oxygen atoms in total. The van der Waals surface area contributed by atoms with Gasteiger partial charge in [-0.25, -0.2) is 0 Å². The van der Waals surface area contributed by atoms with Crippen molar-refractivity contribution in [2.75, 3.05) is 13.7 Å². The maximum atomic E-state index is 12.8. The van der Waals surface area contributed by atoms with Crippen LogP contribution < -0.4 is 0 Å². The second-order valence-corrected chi connectivity index (χ2v) is 7.21. The SMILES string of the molecule is CCCCC(I)C(=O)C1(COC)CCCCC1C. The molecule has 18 heavy (non-hydrogen) atoms. The molecule has 1 aliphatic rings. The Labute approximate surface area is 125 Å². The topological polar surface area (TPSA) is 26.3 Å². The number of hydrogen-bond donors (Lipinski definition) is 0. The number of ketones is 1. The number of methoxy groups -OCH3 is 1. The normalized spacial score (nSPS) is 30.1. The van der Waals surface area contributed by atoms with Crippen molar-refractivity contribution in [3.05, 3.63) is 0 Å². The van der Waals surface area contributed by atoms with Gasteiger partial charge in [0.2, 0.25) is 0 Å². The minimum Gasteiger partial charge on any atom is -0.384 e. The van der Waals surface area contributed by atoms with Crippen LogP contribution in [-0.2, 0) is 9.53 Å². The Kier molecular flexibility index (Phi) is 7.14. The van der Waals surface area contributed by atoms with E-state index in [1.807, 2.05) is 0 Å². The molecule has 0 radical (unpaired) electrons. The molecule has 0 saturated heterocycles. The quantitative estimate of drug-likeness (QED) is 0.493. The van der Waals surface area contributed by atoms with Gasteiger partial charge in [-0.05, 0) is 25.2 Å². The van der Waals surface area contributed by atoms with E-state index in [9.17, 15) is 4.79 Å². The number of carbonyl (C=O) groups excluding carboxylic acids is 1. The van der Waals surface area contributed by atoms with Gasteiger partial charge >= 0.3 is 0 Å². The smallest absolute Gasteiger partial charge is 0.154 e. The molecule has 1 rings (SSSR count). The standard InChI is InChI=1S/C15H27IO2/c1-4-5-9-13(16)14(17)15(11-18-3)10-7-6-8-12(15)2/h12-13H,4-11H2,1-3H3. The third-order valence-electron chi connectivity index (χ3n) is 4.44. The highest BCUT2D eigenvalue weighted by Crippen LogP contribution is 2.44. The number of halogens is 1. The van der Waals surface area contributed by atoms with Crippen molar-refractivity contribution < 1.29 is 9.53 Å². The lowest BCUT2D eigenvalue weighted by Crippen LogP contribution is -2.47. The molecule has 0 amide bonds. The van der Waals surface area contributed by atoms with Crippen LogP contribution in [-0.4, -0.2) is 23.4 Å². The number of Topliss-reactive ketones (excluding diaryl/α,β-unsaturated/α-hetero) is 1. The molecule has 0 N–H and O–H groups in total. The summed E-state index contributed by atoms with van der Waals surface area (Å²) in [5.41, 5.74) is -0.202. The minimum atomic E-state index is -0.202. The molecule has 0 aliphatic heterocycles. The molecule has 3 atom stereocenters. The van der Waals surface area contributed by atoms with Crippen molar-refractivity contribution in [3.63, 3.8) is 0 Å². The van der Waals surface area contributed by atoms with Crippen molar-refractivity contribution in [1.82, 2.24) is 0 Å². The maximum absolute atomic E-state index is 12.8. The zero-order chi connectivity index (χ0) is 13.6. The fourth-order valence-corrected chi connectivity index (χ4v) is 4.21. The van der Waals surface area contributed by atoms with Gasteiger partial charge in [-0.1, -0.05) is 62.1 Å². The molecular formula is C15H27IO2. The highest BCUT2D eigenvalue weighted by molar-refractivity contribution is 14.1. The van der Waals surface area contributed by atoms with E-state index in [1.54, 1.807) is 7.11 Å². The van der Waals surface area contributed by atoms with Gasteiger partial charge in [-0.2, -0.15) is 0 Å². The summed E-state index contributed by atoms with van der Waals surface area (Å²) in [6.07, 6.45) is 7.97. The van der Waals surface area contributed by atoms with Gasteiger partial charge < -0.3 is 4.74 Å². The van der Waals surface area contributed by atoms with Gasteiger partial charge in [-0.3, -0.25) is 4.79 Å². The van der Waals surface area contributed by atoms with Gasteiger partial charge in [0, 0.05) is 7.11 Å². The zero-order valence-corrected chi connectivity index (χ0v) is 14.2. The zero-order valence-electron chi connectivity index (χ0n) is 12.0. The summed E-state index contributed by atoms with van der Waals surface area (Å²) in [6.45, 7) is 5.03. The van der Waals surface area contributed by atoms with Crippen molar-refractivity contribution in [2.45, 2.75) is 62.7 Å². The molecule has 0 bridgehead atoms. The summed E-state index contributed by atoms with van der Waals surface area (Å²) in [6, 6.07) is 0. The summed E-state index contributed by atoms with van der Waals surface area (Å²) in [4.78, 5) is 12.8. The van der Waals surface area contributed by atoms with E-state index in [0.29, 0.717) is 18.3 Å². The maximum Gasteiger partial charge on any atom is 0.154 e. The van der Waals surface area contributed by atoms with Crippen molar-refractivity contribution in [3.8, 4) is 0 Å². The number of hydrogen-bond acceptors (Lipinski definition) is 2. The number of alkyl halides is 1. The second-order valence-electron chi connectivity index (χ2n) is 5.71. The van der Waals surface area contributed by atoms with E-state index < -0.39 is 0 Å². The lowest BCUT2D eigenvalue weighted by molar-refractivity contribution is -0.137. The van der Waals surface area contributed by atoms with Gasteiger partial charge in [0.15, 0.2) is 5.78 Å². The highest BCUT2D eigenvalue weighted by atomic mass is 127. The Morgan fingerprint density at radius 2 is 2.22 bits per heavy atom. The molecule has 3 heteroatoms. The summed E-state index contributed by atoms with van der Waals surface area (Å²) in [7, 11) is 1.73. The lowest BCUT2D eigenvalue weighted by Gasteiger charge is -2.42. The van der Waals surface area contributed by atoms with Crippen LogP contribution in [0.2, 0.25) is 0 Å². The molecule has 1 fully saturated rings. The van der Waals surface area contributed by atoms with Crippen LogP contribution in [0.5, 0.6) is 0 Å². The van der Waals surface area contributed by atoms with Crippen molar-refractivity contribution in [1.29, 1.82) is 0 Å². The molecule has 0 aromatic rings. The Hall–Kier alpha value is 0.360. The molecule has 1 saturated carbocycles. The molecular weight excluding hydrogens is 339 g/mol. The van der Waals surface area contributed by atoms with Gasteiger partial charge in [0.1, 0.15) is 0 Å². The van der Waals surface area contributed by atoms with Crippen LogP contribution >= 0.6 is 22.6 Å². The Bertz CT molecular complexity index is 263. The van der Waals surface area contributed by atoms with E-state index in [2.05, 4.69) is 36.4 Å². The fourth-order valence-electron chi connectivity index (χ4n) is 3.15. The molecule has 106 valence electrons. The van der Waals surface area contributed by atoms with Gasteiger partial charge in [0.05, 0.1) is 15.9 Å². The number of carbonyl (C=O) groups is 1. The first-order chi connectivity index (χ1) is 8.58. The summed E-state index contributed by atoms with van der Waals surface area (Å²) in [5.74, 6) is 0.920. The summed E-state index contributed by atoms with van der Waals surface area (Å²) < 4.78 is 5.57. The Morgan fingerprint density at radius 3 is 2.78 bits per heavy atom. The Balaban J connectivity index is 2.78. The predicted molar refractivity (Wildman–Crippen MR) is 84.3 cm³/mol. The van der Waals surface area contributed by atoms with E-state index in [-0.39, 0.29) is 9.34 Å². The van der Waals surface area contributed by atoms with Crippen LogP contribution in [0.25, 0.3) is 0 Å². The van der Waals surface area contributed by atoms with Gasteiger partial charge in [-0.15, -0.1) is 0 Å². The monoisotopic (exact) mass is 366 g/mol. The number of ether oxygens (including phenoxy) is 1. The van der Waals surface area contributed by atoms with E-state index in [1.165, 1.54) is 25.7 Å². The van der Waals surface area contributed by atoms with Crippen LogP contribution in [0.3, 0.4) is 0 Å². The highest BCUT2D eigenvalue weighted by Gasteiger charge is 2.46. The average Bonchev–Trinajstić information content (AvgIpc) is 2.38. The first-order valence-corrected chi connectivity index (χ1v) is 8.50. The number of rotatable bonds is 7. The van der Waals surface area contributed by atoms with Gasteiger partial charge in [0.25, 0.3) is 0 Å². The largest absolute Gasteiger partial charge is 0.384 e. The summed E-state index contributed by atoms with van der Waals surface area (Å²) in [5, 5.41) is 0. The van der Waals surface area contributed by atoms with E-state index in [4.69, 9.17) is 4.74 Å². The van der Waals surface area contributed by atoms with Crippen LogP contribution in [0.1, 0.15) is 58.8 Å². The first-order valence-electron chi connectivity index (χ1n) is 7.25. The van der Waals surface area contributed by atoms with E-state index in [0.717, 1.165) is 19.3 Å².